The molecule has 1 rings (SSSR count). The number of hydrogen-bond acceptors (Lipinski definition) is 2. The summed E-state index contributed by atoms with van der Waals surface area (Å²) in [5, 5.41) is 15.1. The summed E-state index contributed by atoms with van der Waals surface area (Å²) in [5.41, 5.74) is -0.236. The Morgan fingerprint density at radius 1 is 1.10 bits per heavy atom. The van der Waals surface area contributed by atoms with E-state index in [2.05, 4.69) is 10.6 Å². The number of carbonyl (C=O) groups excluding carboxylic acids is 1. The maximum atomic E-state index is 12.2. The first kappa shape index (κ1) is 17.8. The number of hydrogen-bond donors (Lipinski definition) is 3. The SMILES string of the molecule is CCC(CC)(CC)NC(=O)NC(C(=O)O)C1CCCCC1. The van der Waals surface area contributed by atoms with Crippen molar-refractivity contribution in [2.45, 2.75) is 83.7 Å². The van der Waals surface area contributed by atoms with E-state index in [-0.39, 0.29) is 17.5 Å². The molecule has 5 nitrogen and oxygen atoms in total. The lowest BCUT2D eigenvalue weighted by molar-refractivity contribution is -0.141. The molecule has 2 amide bonds. The second-order valence-corrected chi connectivity index (χ2v) is 6.15. The molecule has 122 valence electrons. The largest absolute Gasteiger partial charge is 0.480 e. The van der Waals surface area contributed by atoms with Crippen LogP contribution >= 0.6 is 0 Å². The number of carboxylic acids is 1. The van der Waals surface area contributed by atoms with E-state index in [9.17, 15) is 14.7 Å². The van der Waals surface area contributed by atoms with E-state index >= 15 is 0 Å². The van der Waals surface area contributed by atoms with Crippen molar-refractivity contribution in [3.8, 4) is 0 Å². The zero-order valence-electron chi connectivity index (χ0n) is 13.6. The van der Waals surface area contributed by atoms with Gasteiger partial charge in [0.1, 0.15) is 6.04 Å². The Bertz CT molecular complexity index is 339. The number of urea groups is 1. The van der Waals surface area contributed by atoms with Crippen LogP contribution in [0.4, 0.5) is 4.79 Å². The minimum absolute atomic E-state index is 0.0567. The average molecular weight is 298 g/mol. The predicted molar refractivity (Wildman–Crippen MR) is 83.3 cm³/mol. The van der Waals surface area contributed by atoms with Crippen LogP contribution in [0.1, 0.15) is 72.1 Å². The van der Waals surface area contributed by atoms with Crippen molar-refractivity contribution in [2.24, 2.45) is 5.92 Å². The molecule has 0 heterocycles. The molecular weight excluding hydrogens is 268 g/mol. The molecule has 0 saturated heterocycles. The van der Waals surface area contributed by atoms with Crippen molar-refractivity contribution < 1.29 is 14.7 Å². The van der Waals surface area contributed by atoms with Gasteiger partial charge in [0.05, 0.1) is 0 Å². The summed E-state index contributed by atoms with van der Waals surface area (Å²) >= 11 is 0. The third-order valence-electron chi connectivity index (χ3n) is 5.08. The van der Waals surface area contributed by atoms with Crippen molar-refractivity contribution in [3.05, 3.63) is 0 Å². The predicted octanol–water partition coefficient (Wildman–Crippen LogP) is 3.29. The van der Waals surface area contributed by atoms with Gasteiger partial charge in [-0.2, -0.15) is 0 Å². The summed E-state index contributed by atoms with van der Waals surface area (Å²) in [5.74, 6) is -0.867. The smallest absolute Gasteiger partial charge is 0.326 e. The monoisotopic (exact) mass is 298 g/mol. The first-order valence-corrected chi connectivity index (χ1v) is 8.29. The zero-order valence-corrected chi connectivity index (χ0v) is 13.6. The first-order chi connectivity index (χ1) is 9.98. The van der Waals surface area contributed by atoms with Gasteiger partial charge in [-0.15, -0.1) is 0 Å². The highest BCUT2D eigenvalue weighted by Gasteiger charge is 2.33. The van der Waals surface area contributed by atoms with Crippen LogP contribution in [0.15, 0.2) is 0 Å². The Morgan fingerprint density at radius 2 is 1.62 bits per heavy atom. The highest BCUT2D eigenvalue weighted by atomic mass is 16.4. The molecule has 0 aromatic rings. The minimum Gasteiger partial charge on any atom is -0.480 e. The van der Waals surface area contributed by atoms with E-state index < -0.39 is 12.0 Å². The molecule has 5 heteroatoms. The van der Waals surface area contributed by atoms with E-state index in [1.165, 1.54) is 6.42 Å². The molecule has 0 aromatic carbocycles. The molecule has 1 atom stereocenters. The molecule has 1 unspecified atom stereocenters. The molecule has 21 heavy (non-hydrogen) atoms. The van der Waals surface area contributed by atoms with E-state index in [4.69, 9.17) is 0 Å². The summed E-state index contributed by atoms with van der Waals surface area (Å²) in [4.78, 5) is 23.7. The van der Waals surface area contributed by atoms with Crippen LogP contribution in [-0.4, -0.2) is 28.7 Å². The van der Waals surface area contributed by atoms with Gasteiger partial charge in [-0.25, -0.2) is 9.59 Å². The molecule has 1 aliphatic carbocycles. The number of nitrogens with one attached hydrogen (secondary N) is 2. The first-order valence-electron chi connectivity index (χ1n) is 8.29. The average Bonchev–Trinajstić information content (AvgIpc) is 2.51. The van der Waals surface area contributed by atoms with Crippen molar-refractivity contribution in [1.82, 2.24) is 10.6 Å². The number of carboxylic acid groups (broad SMARTS) is 1. The van der Waals surface area contributed by atoms with Crippen LogP contribution in [0, 0.1) is 5.92 Å². The fourth-order valence-corrected chi connectivity index (χ4v) is 3.28. The standard InChI is InChI=1S/C16H30N2O3/c1-4-16(5-2,6-3)18-15(21)17-13(14(19)20)12-10-8-7-9-11-12/h12-13H,4-11H2,1-3H3,(H,19,20)(H2,17,18,21). The summed E-state index contributed by atoms with van der Waals surface area (Å²) < 4.78 is 0. The van der Waals surface area contributed by atoms with E-state index in [1.54, 1.807) is 0 Å². The molecule has 0 aliphatic heterocycles. The van der Waals surface area contributed by atoms with Crippen LogP contribution in [0.25, 0.3) is 0 Å². The van der Waals surface area contributed by atoms with Gasteiger partial charge in [0.2, 0.25) is 0 Å². The summed E-state index contributed by atoms with van der Waals surface area (Å²) in [6.45, 7) is 6.13. The fraction of sp³-hybridized carbons (Fsp3) is 0.875. The van der Waals surface area contributed by atoms with Gasteiger partial charge in [0, 0.05) is 5.54 Å². The van der Waals surface area contributed by atoms with Crippen LogP contribution in [-0.2, 0) is 4.79 Å². The topological polar surface area (TPSA) is 78.4 Å². The van der Waals surface area contributed by atoms with Gasteiger partial charge in [-0.05, 0) is 38.0 Å². The fourth-order valence-electron chi connectivity index (χ4n) is 3.28. The zero-order chi connectivity index (χ0) is 15.9. The second-order valence-electron chi connectivity index (χ2n) is 6.15. The van der Waals surface area contributed by atoms with Gasteiger partial charge < -0.3 is 15.7 Å². The highest BCUT2D eigenvalue weighted by molar-refractivity contribution is 5.83. The summed E-state index contributed by atoms with van der Waals surface area (Å²) in [6, 6.07) is -1.12. The van der Waals surface area contributed by atoms with Crippen LogP contribution in [0.5, 0.6) is 0 Å². The van der Waals surface area contributed by atoms with Crippen molar-refractivity contribution in [2.75, 3.05) is 0 Å². The number of amides is 2. The Kier molecular flexibility index (Phi) is 6.99. The quantitative estimate of drug-likeness (QED) is 0.675. The second kappa shape index (κ2) is 8.25. The molecule has 0 bridgehead atoms. The molecule has 0 aromatic heterocycles. The molecule has 0 spiro atoms. The maximum Gasteiger partial charge on any atom is 0.326 e. The summed E-state index contributed by atoms with van der Waals surface area (Å²) in [7, 11) is 0. The molecule has 1 saturated carbocycles. The molecule has 0 radical (unpaired) electrons. The van der Waals surface area contributed by atoms with Gasteiger partial charge in [-0.1, -0.05) is 40.0 Å². The van der Waals surface area contributed by atoms with Crippen molar-refractivity contribution in [3.63, 3.8) is 0 Å². The molecule has 1 fully saturated rings. The lowest BCUT2D eigenvalue weighted by Crippen LogP contribution is -2.56. The molecule has 1 aliphatic rings. The van der Waals surface area contributed by atoms with Crippen molar-refractivity contribution >= 4 is 12.0 Å². The number of rotatable bonds is 7. The third kappa shape index (κ3) is 4.90. The van der Waals surface area contributed by atoms with Crippen molar-refractivity contribution in [1.29, 1.82) is 0 Å². The van der Waals surface area contributed by atoms with Gasteiger partial charge in [0.15, 0.2) is 0 Å². The van der Waals surface area contributed by atoms with E-state index in [1.807, 2.05) is 20.8 Å². The van der Waals surface area contributed by atoms with Gasteiger partial charge in [-0.3, -0.25) is 0 Å². The summed E-state index contributed by atoms with van der Waals surface area (Å²) in [6.07, 6.45) is 7.58. The van der Waals surface area contributed by atoms with Gasteiger partial charge >= 0.3 is 12.0 Å². The van der Waals surface area contributed by atoms with E-state index in [0.29, 0.717) is 0 Å². The number of carbonyl (C=O) groups is 2. The van der Waals surface area contributed by atoms with E-state index in [0.717, 1.165) is 44.9 Å². The number of aliphatic carboxylic acids is 1. The molecular formula is C16H30N2O3. The lowest BCUT2D eigenvalue weighted by Gasteiger charge is -2.34. The Morgan fingerprint density at radius 3 is 2.05 bits per heavy atom. The normalized spacial score (nSPS) is 18.0. The third-order valence-corrected chi connectivity index (χ3v) is 5.08. The van der Waals surface area contributed by atoms with Crippen LogP contribution < -0.4 is 10.6 Å². The maximum absolute atomic E-state index is 12.2. The Hall–Kier alpha value is -1.26. The van der Waals surface area contributed by atoms with Crippen LogP contribution in [0.2, 0.25) is 0 Å². The Balaban J connectivity index is 2.66. The minimum atomic E-state index is -0.924. The van der Waals surface area contributed by atoms with Gasteiger partial charge in [0.25, 0.3) is 0 Å². The molecule has 3 N–H and O–H groups in total. The highest BCUT2D eigenvalue weighted by Crippen LogP contribution is 2.27. The lowest BCUT2D eigenvalue weighted by atomic mass is 9.84. The van der Waals surface area contributed by atoms with Crippen LogP contribution in [0.3, 0.4) is 0 Å². The Labute approximate surface area is 127 Å².